The first-order valence-corrected chi connectivity index (χ1v) is 7.64. The van der Waals surface area contributed by atoms with E-state index >= 15 is 0 Å². The van der Waals surface area contributed by atoms with Gasteiger partial charge in [-0.25, -0.2) is 0 Å². The van der Waals surface area contributed by atoms with Crippen LogP contribution in [0.15, 0.2) is 18.2 Å². The molecule has 1 aliphatic rings. The minimum atomic E-state index is -4.51. The highest BCUT2D eigenvalue weighted by molar-refractivity contribution is 6.34. The summed E-state index contributed by atoms with van der Waals surface area (Å²) < 4.78 is 40.8. The molecule has 1 heterocycles. The standard InChI is InChI=1S/C15H16ClF3N2O3/c1-9(24-8-15(17,18)19)14(23)20-12-7-10(4-5-11(12)16)21-6-2-3-13(21)22/h4-5,7,9H,2-3,6,8H2,1H3,(H,20,23)/t9-/m0/s1. The van der Waals surface area contributed by atoms with E-state index in [0.29, 0.717) is 18.7 Å². The van der Waals surface area contributed by atoms with E-state index in [-0.39, 0.29) is 16.6 Å². The largest absolute Gasteiger partial charge is 0.411 e. The van der Waals surface area contributed by atoms with Crippen molar-refractivity contribution >= 4 is 34.8 Å². The van der Waals surface area contributed by atoms with Crippen LogP contribution in [-0.4, -0.2) is 37.2 Å². The molecule has 9 heteroatoms. The van der Waals surface area contributed by atoms with Gasteiger partial charge in [0.05, 0.1) is 10.7 Å². The minimum Gasteiger partial charge on any atom is -0.359 e. The van der Waals surface area contributed by atoms with Crippen LogP contribution in [0.1, 0.15) is 19.8 Å². The third kappa shape index (κ3) is 4.85. The van der Waals surface area contributed by atoms with E-state index in [9.17, 15) is 22.8 Å². The van der Waals surface area contributed by atoms with E-state index in [1.807, 2.05) is 0 Å². The fourth-order valence-corrected chi connectivity index (χ4v) is 2.39. The Morgan fingerprint density at radius 1 is 1.46 bits per heavy atom. The molecule has 2 rings (SSSR count). The summed E-state index contributed by atoms with van der Waals surface area (Å²) in [7, 11) is 0. The quantitative estimate of drug-likeness (QED) is 0.871. The average molecular weight is 365 g/mol. The lowest BCUT2D eigenvalue weighted by molar-refractivity contribution is -0.184. The molecule has 1 aromatic rings. The lowest BCUT2D eigenvalue weighted by Crippen LogP contribution is -2.31. The van der Waals surface area contributed by atoms with Gasteiger partial charge in [-0.1, -0.05) is 11.6 Å². The molecule has 1 atom stereocenters. The van der Waals surface area contributed by atoms with Gasteiger partial charge in [0.15, 0.2) is 0 Å². The van der Waals surface area contributed by atoms with Gasteiger partial charge in [0.1, 0.15) is 12.7 Å². The lowest BCUT2D eigenvalue weighted by atomic mass is 10.2. The number of nitrogens with one attached hydrogen (secondary N) is 1. The van der Waals surface area contributed by atoms with Crippen LogP contribution < -0.4 is 10.2 Å². The monoisotopic (exact) mass is 364 g/mol. The number of nitrogens with zero attached hydrogens (tertiary/aromatic N) is 1. The Bertz CT molecular complexity index is 637. The van der Waals surface area contributed by atoms with Crippen LogP contribution in [0.2, 0.25) is 5.02 Å². The number of ether oxygens (including phenoxy) is 1. The fourth-order valence-electron chi connectivity index (χ4n) is 2.23. The van der Waals surface area contributed by atoms with Gasteiger partial charge < -0.3 is 15.0 Å². The number of hydrogen-bond donors (Lipinski definition) is 1. The summed E-state index contributed by atoms with van der Waals surface area (Å²) in [6, 6.07) is 4.67. The summed E-state index contributed by atoms with van der Waals surface area (Å²) in [4.78, 5) is 25.3. The molecule has 132 valence electrons. The van der Waals surface area contributed by atoms with Gasteiger partial charge in [-0.2, -0.15) is 13.2 Å². The first-order valence-electron chi connectivity index (χ1n) is 7.26. The van der Waals surface area contributed by atoms with Crippen LogP contribution in [-0.2, 0) is 14.3 Å². The number of rotatable bonds is 5. The summed E-state index contributed by atoms with van der Waals surface area (Å²) in [5, 5.41) is 2.63. The number of hydrogen-bond acceptors (Lipinski definition) is 3. The average Bonchev–Trinajstić information content (AvgIpc) is 2.92. The van der Waals surface area contributed by atoms with Gasteiger partial charge in [-0.05, 0) is 31.5 Å². The van der Waals surface area contributed by atoms with Crippen LogP contribution in [0.3, 0.4) is 0 Å². The summed E-state index contributed by atoms with van der Waals surface area (Å²) >= 11 is 6.00. The predicted molar refractivity (Wildman–Crippen MR) is 83.1 cm³/mol. The molecule has 5 nitrogen and oxygen atoms in total. The van der Waals surface area contributed by atoms with Crippen molar-refractivity contribution in [2.75, 3.05) is 23.4 Å². The van der Waals surface area contributed by atoms with Gasteiger partial charge in [0, 0.05) is 18.7 Å². The predicted octanol–water partition coefficient (Wildman–Crippen LogP) is 3.37. The Morgan fingerprint density at radius 3 is 2.75 bits per heavy atom. The smallest absolute Gasteiger partial charge is 0.359 e. The second-order valence-corrected chi connectivity index (χ2v) is 5.78. The number of alkyl halides is 3. The minimum absolute atomic E-state index is 0.0310. The highest BCUT2D eigenvalue weighted by atomic mass is 35.5. The summed E-state index contributed by atoms with van der Waals surface area (Å²) in [5.41, 5.74) is 0.780. The van der Waals surface area contributed by atoms with Crippen molar-refractivity contribution in [3.63, 3.8) is 0 Å². The molecule has 1 saturated heterocycles. The van der Waals surface area contributed by atoms with E-state index < -0.39 is 24.8 Å². The zero-order valence-corrected chi connectivity index (χ0v) is 13.6. The maximum absolute atomic E-state index is 12.1. The zero-order valence-electron chi connectivity index (χ0n) is 12.8. The van der Waals surface area contributed by atoms with Crippen molar-refractivity contribution in [2.45, 2.75) is 32.0 Å². The maximum Gasteiger partial charge on any atom is 0.411 e. The third-order valence-electron chi connectivity index (χ3n) is 3.46. The molecule has 0 spiro atoms. The van der Waals surface area contributed by atoms with Crippen LogP contribution in [0.25, 0.3) is 0 Å². The van der Waals surface area contributed by atoms with Crippen LogP contribution in [0.4, 0.5) is 24.5 Å². The van der Waals surface area contributed by atoms with Crippen molar-refractivity contribution in [3.05, 3.63) is 23.2 Å². The van der Waals surface area contributed by atoms with Gasteiger partial charge in [-0.15, -0.1) is 0 Å². The third-order valence-corrected chi connectivity index (χ3v) is 3.79. The number of halogens is 4. The summed E-state index contributed by atoms with van der Waals surface area (Å²) in [5.74, 6) is -0.789. The molecule has 0 aromatic heterocycles. The number of carbonyl (C=O) groups excluding carboxylic acids is 2. The Balaban J connectivity index is 2.05. The first-order chi connectivity index (χ1) is 11.2. The van der Waals surface area contributed by atoms with Gasteiger partial charge >= 0.3 is 6.18 Å². The molecular formula is C15H16ClF3N2O3. The SMILES string of the molecule is C[C@H](OCC(F)(F)F)C(=O)Nc1cc(N2CCCC2=O)ccc1Cl. The number of benzene rings is 1. The topological polar surface area (TPSA) is 58.6 Å². The molecular weight excluding hydrogens is 349 g/mol. The van der Waals surface area contributed by atoms with Crippen molar-refractivity contribution in [1.82, 2.24) is 0 Å². The van der Waals surface area contributed by atoms with E-state index in [1.165, 1.54) is 19.1 Å². The number of amides is 2. The van der Waals surface area contributed by atoms with Gasteiger partial charge in [0.2, 0.25) is 5.91 Å². The van der Waals surface area contributed by atoms with Crippen molar-refractivity contribution in [2.24, 2.45) is 0 Å². The van der Waals surface area contributed by atoms with E-state index in [0.717, 1.165) is 6.42 Å². The highest BCUT2D eigenvalue weighted by Gasteiger charge is 2.30. The van der Waals surface area contributed by atoms with Crippen LogP contribution in [0, 0.1) is 0 Å². The van der Waals surface area contributed by atoms with Crippen LogP contribution >= 0.6 is 11.6 Å². The Morgan fingerprint density at radius 2 is 2.17 bits per heavy atom. The summed E-state index contributed by atoms with van der Waals surface area (Å²) in [6.45, 7) is 0.263. The van der Waals surface area contributed by atoms with Gasteiger partial charge in [-0.3, -0.25) is 9.59 Å². The van der Waals surface area contributed by atoms with Crippen molar-refractivity contribution in [3.8, 4) is 0 Å². The Kier molecular flexibility index (Phi) is 5.71. The molecule has 24 heavy (non-hydrogen) atoms. The molecule has 1 fully saturated rings. The second-order valence-electron chi connectivity index (χ2n) is 5.37. The molecule has 0 aliphatic carbocycles. The van der Waals surface area contributed by atoms with E-state index in [4.69, 9.17) is 11.6 Å². The van der Waals surface area contributed by atoms with E-state index in [1.54, 1.807) is 11.0 Å². The molecule has 1 aromatic carbocycles. The molecule has 1 N–H and O–H groups in total. The van der Waals surface area contributed by atoms with Crippen molar-refractivity contribution < 1.29 is 27.5 Å². The fraction of sp³-hybridized carbons (Fsp3) is 0.467. The van der Waals surface area contributed by atoms with Gasteiger partial charge in [0.25, 0.3) is 5.91 Å². The Labute approximate surface area is 141 Å². The molecule has 1 aliphatic heterocycles. The highest BCUT2D eigenvalue weighted by Crippen LogP contribution is 2.30. The number of anilines is 2. The Hall–Kier alpha value is -1.80. The molecule has 0 bridgehead atoms. The van der Waals surface area contributed by atoms with Crippen molar-refractivity contribution in [1.29, 1.82) is 0 Å². The number of carbonyl (C=O) groups is 2. The summed E-state index contributed by atoms with van der Waals surface area (Å²) in [6.07, 6.45) is -4.62. The molecule has 0 saturated carbocycles. The zero-order chi connectivity index (χ0) is 17.9. The molecule has 2 amide bonds. The molecule has 0 radical (unpaired) electrons. The second kappa shape index (κ2) is 7.40. The maximum atomic E-state index is 12.1. The first kappa shape index (κ1) is 18.5. The van der Waals surface area contributed by atoms with E-state index in [2.05, 4.69) is 10.1 Å². The molecule has 0 unspecified atom stereocenters. The lowest BCUT2D eigenvalue weighted by Gasteiger charge is -2.19. The normalized spacial score (nSPS) is 16.4. The van der Waals surface area contributed by atoms with Crippen LogP contribution in [0.5, 0.6) is 0 Å².